The van der Waals surface area contributed by atoms with Crippen molar-refractivity contribution in [2.24, 2.45) is 0 Å². The van der Waals surface area contributed by atoms with Crippen molar-refractivity contribution in [3.8, 4) is 0 Å². The van der Waals surface area contributed by atoms with Gasteiger partial charge in [-0.2, -0.15) is 0 Å². The van der Waals surface area contributed by atoms with Gasteiger partial charge < -0.3 is 0 Å². The average Bonchev–Trinajstić information content (AvgIpc) is 2.35. The van der Waals surface area contributed by atoms with Crippen LogP contribution in [0.15, 0.2) is 45.3 Å². The van der Waals surface area contributed by atoms with E-state index in [0.29, 0.717) is 4.47 Å². The second-order valence-corrected chi connectivity index (χ2v) is 6.19. The van der Waals surface area contributed by atoms with Crippen molar-refractivity contribution in [3.63, 3.8) is 0 Å². The molecule has 0 aliphatic carbocycles. The Bertz CT molecular complexity index is 533. The zero-order valence-electron chi connectivity index (χ0n) is 9.55. The summed E-state index contributed by atoms with van der Waals surface area (Å²) in [6.07, 6.45) is 0. The molecule has 0 aliphatic rings. The molecule has 4 heteroatoms. The third-order valence-corrected chi connectivity index (χ3v) is 4.69. The molecule has 94 valence electrons. The molecular formula is C14H10Br2ClF. The van der Waals surface area contributed by atoms with E-state index in [9.17, 15) is 4.39 Å². The Labute approximate surface area is 127 Å². The number of alkyl halides is 1. The van der Waals surface area contributed by atoms with Gasteiger partial charge >= 0.3 is 0 Å². The molecule has 2 aromatic carbocycles. The van der Waals surface area contributed by atoms with Gasteiger partial charge in [0.1, 0.15) is 5.82 Å². The molecule has 0 saturated carbocycles. The average molecular weight is 392 g/mol. The van der Waals surface area contributed by atoms with Crippen LogP contribution < -0.4 is 0 Å². The van der Waals surface area contributed by atoms with E-state index in [0.717, 1.165) is 21.2 Å². The summed E-state index contributed by atoms with van der Waals surface area (Å²) in [4.78, 5) is 0. The second kappa shape index (κ2) is 5.72. The van der Waals surface area contributed by atoms with Gasteiger partial charge in [0, 0.05) is 4.47 Å². The van der Waals surface area contributed by atoms with Gasteiger partial charge in [0.05, 0.1) is 9.85 Å². The van der Waals surface area contributed by atoms with Crippen molar-refractivity contribution >= 4 is 43.5 Å². The molecule has 1 atom stereocenters. The van der Waals surface area contributed by atoms with Crippen LogP contribution in [0.2, 0.25) is 0 Å². The number of hydrogen-bond acceptors (Lipinski definition) is 0. The van der Waals surface area contributed by atoms with Gasteiger partial charge in [-0.25, -0.2) is 4.39 Å². The van der Waals surface area contributed by atoms with Crippen molar-refractivity contribution in [2.45, 2.75) is 12.3 Å². The van der Waals surface area contributed by atoms with Crippen LogP contribution in [0.1, 0.15) is 22.1 Å². The molecule has 0 nitrogen and oxygen atoms in total. The van der Waals surface area contributed by atoms with Gasteiger partial charge in [0.15, 0.2) is 0 Å². The first-order valence-corrected chi connectivity index (χ1v) is 7.36. The minimum atomic E-state index is -0.293. The van der Waals surface area contributed by atoms with E-state index in [4.69, 9.17) is 11.6 Å². The maximum Gasteiger partial charge on any atom is 0.137 e. The summed E-state index contributed by atoms with van der Waals surface area (Å²) in [5.74, 6) is -0.285. The number of aryl methyl sites for hydroxylation is 1. The lowest BCUT2D eigenvalue weighted by Crippen LogP contribution is -1.95. The summed E-state index contributed by atoms with van der Waals surface area (Å²) in [5, 5.41) is -0.293. The number of hydrogen-bond donors (Lipinski definition) is 0. The topological polar surface area (TPSA) is 0 Å². The van der Waals surface area contributed by atoms with Crippen molar-refractivity contribution in [1.29, 1.82) is 0 Å². The molecule has 18 heavy (non-hydrogen) atoms. The Balaban J connectivity index is 2.37. The van der Waals surface area contributed by atoms with Gasteiger partial charge in [-0.3, -0.25) is 0 Å². The van der Waals surface area contributed by atoms with Gasteiger partial charge in [-0.15, -0.1) is 11.6 Å². The summed E-state index contributed by atoms with van der Waals surface area (Å²) in [6, 6.07) is 10.8. The van der Waals surface area contributed by atoms with Crippen LogP contribution in [0.3, 0.4) is 0 Å². The Morgan fingerprint density at radius 2 is 1.56 bits per heavy atom. The van der Waals surface area contributed by atoms with Crippen LogP contribution in [-0.4, -0.2) is 0 Å². The summed E-state index contributed by atoms with van der Waals surface area (Å²) in [7, 11) is 0. The highest BCUT2D eigenvalue weighted by molar-refractivity contribution is 9.10. The predicted octanol–water partition coefficient (Wildman–Crippen LogP) is 5.99. The molecule has 0 amide bonds. The SMILES string of the molecule is Cc1ccc(C(Cl)c2ccc(F)c(Br)c2)cc1Br. The molecule has 0 N–H and O–H groups in total. The molecular weight excluding hydrogens is 382 g/mol. The van der Waals surface area contributed by atoms with E-state index >= 15 is 0 Å². The quantitative estimate of drug-likeness (QED) is 0.551. The summed E-state index contributed by atoms with van der Waals surface area (Å²) in [5.41, 5.74) is 3.00. The molecule has 0 spiro atoms. The van der Waals surface area contributed by atoms with Crippen molar-refractivity contribution in [2.75, 3.05) is 0 Å². The van der Waals surface area contributed by atoms with Crippen LogP contribution in [0, 0.1) is 12.7 Å². The highest BCUT2D eigenvalue weighted by Gasteiger charge is 2.13. The van der Waals surface area contributed by atoms with E-state index in [1.54, 1.807) is 12.1 Å². The Morgan fingerprint density at radius 3 is 2.11 bits per heavy atom. The fourth-order valence-electron chi connectivity index (χ4n) is 1.63. The maximum atomic E-state index is 13.2. The predicted molar refractivity (Wildman–Crippen MR) is 80.7 cm³/mol. The van der Waals surface area contributed by atoms with Crippen LogP contribution >= 0.6 is 43.5 Å². The number of halogens is 4. The van der Waals surface area contributed by atoms with Crippen LogP contribution in [0.4, 0.5) is 4.39 Å². The van der Waals surface area contributed by atoms with Gasteiger partial charge in [0.25, 0.3) is 0 Å². The Kier molecular flexibility index (Phi) is 4.46. The molecule has 0 radical (unpaired) electrons. The zero-order chi connectivity index (χ0) is 13.3. The highest BCUT2D eigenvalue weighted by atomic mass is 79.9. The first-order valence-electron chi connectivity index (χ1n) is 5.34. The van der Waals surface area contributed by atoms with Crippen LogP contribution in [0.5, 0.6) is 0 Å². The van der Waals surface area contributed by atoms with E-state index in [-0.39, 0.29) is 11.2 Å². The fourth-order valence-corrected chi connectivity index (χ4v) is 2.69. The largest absolute Gasteiger partial charge is 0.206 e. The lowest BCUT2D eigenvalue weighted by molar-refractivity contribution is 0.620. The molecule has 1 unspecified atom stereocenters. The number of rotatable bonds is 2. The summed E-state index contributed by atoms with van der Waals surface area (Å²) in [6.45, 7) is 2.02. The Morgan fingerprint density at radius 1 is 1.00 bits per heavy atom. The second-order valence-electron chi connectivity index (χ2n) is 4.04. The fraction of sp³-hybridized carbons (Fsp3) is 0.143. The standard InChI is InChI=1S/C14H10Br2ClF/c1-8-2-3-9(6-11(8)15)14(17)10-4-5-13(18)12(16)7-10/h2-7,14H,1H3. The molecule has 0 aliphatic heterocycles. The highest BCUT2D eigenvalue weighted by Crippen LogP contribution is 2.33. The van der Waals surface area contributed by atoms with Gasteiger partial charge in [-0.05, 0) is 57.7 Å². The van der Waals surface area contributed by atoms with E-state index in [2.05, 4.69) is 31.9 Å². The van der Waals surface area contributed by atoms with Crippen molar-refractivity contribution in [1.82, 2.24) is 0 Å². The Hall–Kier alpha value is -0.380. The van der Waals surface area contributed by atoms with Gasteiger partial charge in [0.2, 0.25) is 0 Å². The first kappa shape index (κ1) is 14.0. The van der Waals surface area contributed by atoms with Gasteiger partial charge in [-0.1, -0.05) is 34.1 Å². The lowest BCUT2D eigenvalue weighted by Gasteiger charge is -2.12. The molecule has 2 aromatic rings. The van der Waals surface area contributed by atoms with Crippen molar-refractivity contribution in [3.05, 3.63) is 67.9 Å². The van der Waals surface area contributed by atoms with E-state index in [1.165, 1.54) is 6.07 Å². The normalized spacial score (nSPS) is 12.5. The molecule has 2 rings (SSSR count). The minimum absolute atomic E-state index is 0.285. The third kappa shape index (κ3) is 2.95. The van der Waals surface area contributed by atoms with Crippen LogP contribution in [0.25, 0.3) is 0 Å². The van der Waals surface area contributed by atoms with E-state index < -0.39 is 0 Å². The smallest absolute Gasteiger partial charge is 0.137 e. The molecule has 0 fully saturated rings. The van der Waals surface area contributed by atoms with E-state index in [1.807, 2.05) is 25.1 Å². The monoisotopic (exact) mass is 390 g/mol. The number of benzene rings is 2. The molecule has 0 saturated heterocycles. The molecule has 0 heterocycles. The third-order valence-electron chi connectivity index (χ3n) is 2.72. The minimum Gasteiger partial charge on any atom is -0.206 e. The lowest BCUT2D eigenvalue weighted by atomic mass is 10.0. The zero-order valence-corrected chi connectivity index (χ0v) is 13.5. The maximum absolute atomic E-state index is 13.2. The van der Waals surface area contributed by atoms with Crippen LogP contribution in [-0.2, 0) is 0 Å². The van der Waals surface area contributed by atoms with Crippen molar-refractivity contribution < 1.29 is 4.39 Å². The molecule has 0 aromatic heterocycles. The molecule has 0 bridgehead atoms. The summed E-state index contributed by atoms with van der Waals surface area (Å²) < 4.78 is 14.6. The first-order chi connectivity index (χ1) is 8.49. The summed E-state index contributed by atoms with van der Waals surface area (Å²) >= 11 is 13.1.